The summed E-state index contributed by atoms with van der Waals surface area (Å²) in [6, 6.07) is 1.74. The molecule has 0 radical (unpaired) electrons. The van der Waals surface area contributed by atoms with Gasteiger partial charge in [0.15, 0.2) is 0 Å². The molecule has 2 fully saturated rings. The lowest BCUT2D eigenvalue weighted by molar-refractivity contribution is 0.182. The predicted octanol–water partition coefficient (Wildman–Crippen LogP) is 1.23. The van der Waals surface area contributed by atoms with Crippen LogP contribution < -0.4 is 5.73 Å². The Kier molecular flexibility index (Phi) is 4.38. The van der Waals surface area contributed by atoms with Gasteiger partial charge in [0, 0.05) is 49.0 Å². The van der Waals surface area contributed by atoms with Gasteiger partial charge in [-0.15, -0.1) is 11.3 Å². The summed E-state index contributed by atoms with van der Waals surface area (Å²) in [5.74, 6) is 0.861. The van der Waals surface area contributed by atoms with Gasteiger partial charge < -0.3 is 10.6 Å². The fourth-order valence-electron chi connectivity index (χ4n) is 2.84. The van der Waals surface area contributed by atoms with Gasteiger partial charge in [0.05, 0.1) is 4.90 Å². The minimum Gasteiger partial charge on any atom is -0.326 e. The van der Waals surface area contributed by atoms with Crippen molar-refractivity contribution in [2.45, 2.75) is 31.2 Å². The highest BCUT2D eigenvalue weighted by Crippen LogP contribution is 2.31. The highest BCUT2D eigenvalue weighted by Gasteiger charge is 2.32. The lowest BCUT2D eigenvalue weighted by atomic mass is 10.3. The topological polar surface area (TPSA) is 66.6 Å². The number of hydrogen-bond acceptors (Lipinski definition) is 5. The van der Waals surface area contributed by atoms with Crippen LogP contribution in [0.1, 0.15) is 22.6 Å². The van der Waals surface area contributed by atoms with E-state index in [1.165, 1.54) is 24.2 Å². The highest BCUT2D eigenvalue weighted by molar-refractivity contribution is 7.89. The van der Waals surface area contributed by atoms with Gasteiger partial charge in [-0.25, -0.2) is 8.42 Å². The Labute approximate surface area is 130 Å². The summed E-state index contributed by atoms with van der Waals surface area (Å²) >= 11 is 1.48. The van der Waals surface area contributed by atoms with Crippen LogP contribution in [0.2, 0.25) is 0 Å². The van der Waals surface area contributed by atoms with E-state index in [0.29, 0.717) is 24.5 Å². The zero-order valence-electron chi connectivity index (χ0n) is 12.4. The monoisotopic (exact) mass is 329 g/mol. The fraction of sp³-hybridized carbons (Fsp3) is 0.714. The zero-order valence-corrected chi connectivity index (χ0v) is 14.0. The van der Waals surface area contributed by atoms with Crippen LogP contribution in [0.15, 0.2) is 11.0 Å². The van der Waals surface area contributed by atoms with Crippen molar-refractivity contribution < 1.29 is 8.42 Å². The van der Waals surface area contributed by atoms with Crippen LogP contribution in [0.25, 0.3) is 0 Å². The smallest absolute Gasteiger partial charge is 0.244 e. The molecule has 118 valence electrons. The maximum atomic E-state index is 12.8. The molecule has 0 aromatic carbocycles. The first-order chi connectivity index (χ1) is 10.0. The van der Waals surface area contributed by atoms with Crippen molar-refractivity contribution in [3.63, 3.8) is 0 Å². The molecule has 2 N–H and O–H groups in total. The number of sulfonamides is 1. The van der Waals surface area contributed by atoms with E-state index in [-0.39, 0.29) is 0 Å². The summed E-state index contributed by atoms with van der Waals surface area (Å²) in [7, 11) is -3.36. The predicted molar refractivity (Wildman–Crippen MR) is 84.9 cm³/mol. The van der Waals surface area contributed by atoms with Gasteiger partial charge in [0.25, 0.3) is 0 Å². The van der Waals surface area contributed by atoms with Crippen LogP contribution in [0, 0.1) is 12.8 Å². The Morgan fingerprint density at radius 1 is 1.29 bits per heavy atom. The quantitative estimate of drug-likeness (QED) is 0.882. The van der Waals surface area contributed by atoms with E-state index in [2.05, 4.69) is 4.90 Å². The third-order valence-electron chi connectivity index (χ3n) is 4.29. The highest BCUT2D eigenvalue weighted by atomic mass is 32.2. The fourth-order valence-corrected chi connectivity index (χ4v) is 5.74. The van der Waals surface area contributed by atoms with Crippen molar-refractivity contribution >= 4 is 21.4 Å². The molecule has 0 unspecified atom stereocenters. The van der Waals surface area contributed by atoms with Gasteiger partial charge in [-0.1, -0.05) is 0 Å². The van der Waals surface area contributed by atoms with E-state index in [0.717, 1.165) is 35.3 Å². The van der Waals surface area contributed by atoms with Gasteiger partial charge in [-0.05, 0) is 31.7 Å². The van der Waals surface area contributed by atoms with E-state index in [9.17, 15) is 8.42 Å². The average Bonchev–Trinajstić information content (AvgIpc) is 3.19. The number of nitrogens with two attached hydrogens (primary N) is 1. The molecule has 1 saturated heterocycles. The molecule has 1 aliphatic carbocycles. The summed E-state index contributed by atoms with van der Waals surface area (Å²) < 4.78 is 27.1. The number of thiophene rings is 1. The summed E-state index contributed by atoms with van der Waals surface area (Å²) in [6.45, 7) is 6.30. The molecule has 0 amide bonds. The van der Waals surface area contributed by atoms with Gasteiger partial charge in [0.2, 0.25) is 10.0 Å². The Morgan fingerprint density at radius 2 is 1.95 bits per heavy atom. The van der Waals surface area contributed by atoms with E-state index in [1.807, 2.05) is 6.92 Å². The molecular formula is C14H23N3O2S2. The standard InChI is InChI=1S/C14H23N3O2S2/c1-11-14(8-13(9-15)20-11)21(18,19)17-6-4-16(5-7-17)10-12-2-3-12/h8,12H,2-7,9-10,15H2,1H3. The van der Waals surface area contributed by atoms with Crippen molar-refractivity contribution in [2.75, 3.05) is 32.7 Å². The summed E-state index contributed by atoms with van der Waals surface area (Å²) in [6.07, 6.45) is 2.68. The molecule has 2 heterocycles. The van der Waals surface area contributed by atoms with Crippen molar-refractivity contribution in [1.29, 1.82) is 0 Å². The first-order valence-electron chi connectivity index (χ1n) is 7.52. The molecule has 1 aromatic heterocycles. The minimum atomic E-state index is -3.36. The van der Waals surface area contributed by atoms with Crippen LogP contribution in [0.5, 0.6) is 0 Å². The number of piperazine rings is 1. The molecule has 1 saturated carbocycles. The third-order valence-corrected chi connectivity index (χ3v) is 7.51. The third kappa shape index (κ3) is 3.32. The van der Waals surface area contributed by atoms with E-state index in [1.54, 1.807) is 10.4 Å². The second kappa shape index (κ2) is 5.96. The number of hydrogen-bond donors (Lipinski definition) is 1. The molecule has 1 aliphatic heterocycles. The number of nitrogens with zero attached hydrogens (tertiary/aromatic N) is 2. The molecule has 0 atom stereocenters. The molecule has 5 nitrogen and oxygen atoms in total. The lowest BCUT2D eigenvalue weighted by Crippen LogP contribution is -2.49. The Hall–Kier alpha value is -0.470. The molecule has 7 heteroatoms. The van der Waals surface area contributed by atoms with E-state index < -0.39 is 10.0 Å². The van der Waals surface area contributed by atoms with Crippen molar-refractivity contribution in [1.82, 2.24) is 9.21 Å². The Bertz CT molecular complexity index is 600. The molecule has 2 aliphatic rings. The normalized spacial score (nSPS) is 21.8. The van der Waals surface area contributed by atoms with Crippen LogP contribution >= 0.6 is 11.3 Å². The summed E-state index contributed by atoms with van der Waals surface area (Å²) in [5, 5.41) is 0. The van der Waals surface area contributed by atoms with Crippen LogP contribution in [0.4, 0.5) is 0 Å². The second-order valence-corrected chi connectivity index (χ2v) is 9.23. The lowest BCUT2D eigenvalue weighted by Gasteiger charge is -2.34. The summed E-state index contributed by atoms with van der Waals surface area (Å²) in [5.41, 5.74) is 5.62. The van der Waals surface area contributed by atoms with E-state index in [4.69, 9.17) is 5.73 Å². The van der Waals surface area contributed by atoms with Crippen molar-refractivity contribution in [2.24, 2.45) is 11.7 Å². The second-order valence-electron chi connectivity index (χ2n) is 5.99. The van der Waals surface area contributed by atoms with Crippen LogP contribution in [0.3, 0.4) is 0 Å². The molecular weight excluding hydrogens is 306 g/mol. The SMILES string of the molecule is Cc1sc(CN)cc1S(=O)(=O)N1CCN(CC2CC2)CC1. The molecule has 1 aromatic rings. The van der Waals surface area contributed by atoms with Gasteiger partial charge in [-0.2, -0.15) is 4.31 Å². The van der Waals surface area contributed by atoms with Gasteiger partial charge in [-0.3, -0.25) is 0 Å². The van der Waals surface area contributed by atoms with Crippen molar-refractivity contribution in [3.8, 4) is 0 Å². The summed E-state index contributed by atoms with van der Waals surface area (Å²) in [4.78, 5) is 4.62. The van der Waals surface area contributed by atoms with Gasteiger partial charge in [0.1, 0.15) is 0 Å². The molecule has 0 bridgehead atoms. The van der Waals surface area contributed by atoms with Crippen LogP contribution in [-0.2, 0) is 16.6 Å². The first kappa shape index (κ1) is 15.4. The largest absolute Gasteiger partial charge is 0.326 e. The Morgan fingerprint density at radius 3 is 2.48 bits per heavy atom. The molecule has 3 rings (SSSR count). The van der Waals surface area contributed by atoms with Crippen molar-refractivity contribution in [3.05, 3.63) is 15.8 Å². The van der Waals surface area contributed by atoms with Gasteiger partial charge >= 0.3 is 0 Å². The first-order valence-corrected chi connectivity index (χ1v) is 9.78. The average molecular weight is 329 g/mol. The van der Waals surface area contributed by atoms with E-state index >= 15 is 0 Å². The minimum absolute atomic E-state index is 0.399. The maximum absolute atomic E-state index is 12.8. The maximum Gasteiger partial charge on any atom is 0.244 e. The number of aryl methyl sites for hydroxylation is 1. The number of rotatable bonds is 5. The molecule has 0 spiro atoms. The van der Waals surface area contributed by atoms with Crippen LogP contribution in [-0.4, -0.2) is 50.3 Å². The molecule has 21 heavy (non-hydrogen) atoms. The zero-order chi connectivity index (χ0) is 15.0. The Balaban J connectivity index is 1.68.